The molecule has 0 fully saturated rings. The molecule has 0 radical (unpaired) electrons. The molecular weight excluding hydrogens is 306 g/mol. The number of carbonyl (C=O) groups is 1. The molecule has 2 rings (SSSR count). The van der Waals surface area contributed by atoms with Gasteiger partial charge in [0, 0.05) is 18.0 Å². The quantitative estimate of drug-likeness (QED) is 0.627. The Morgan fingerprint density at radius 2 is 2.00 bits per heavy atom. The van der Waals surface area contributed by atoms with Gasteiger partial charge in [-0.25, -0.2) is 5.43 Å². The second kappa shape index (κ2) is 8.67. The normalized spacial score (nSPS) is 11.0. The van der Waals surface area contributed by atoms with Gasteiger partial charge in [0.2, 0.25) is 0 Å². The monoisotopic (exact) mass is 327 g/mol. The Morgan fingerprint density at radius 3 is 2.67 bits per heavy atom. The fourth-order valence-corrected chi connectivity index (χ4v) is 2.09. The summed E-state index contributed by atoms with van der Waals surface area (Å²) in [6.45, 7) is 6.75. The molecule has 1 aromatic carbocycles. The third-order valence-electron chi connectivity index (χ3n) is 3.20. The van der Waals surface area contributed by atoms with Gasteiger partial charge in [-0.15, -0.1) is 0 Å². The van der Waals surface area contributed by atoms with Crippen molar-refractivity contribution in [3.05, 3.63) is 53.9 Å². The van der Waals surface area contributed by atoms with Gasteiger partial charge in [0.25, 0.3) is 5.91 Å². The maximum Gasteiger partial charge on any atom is 0.272 e. The molecule has 0 spiro atoms. The molecule has 1 aromatic heterocycles. The third kappa shape index (κ3) is 4.55. The van der Waals surface area contributed by atoms with E-state index in [0.717, 1.165) is 11.3 Å². The Labute approximate surface area is 141 Å². The summed E-state index contributed by atoms with van der Waals surface area (Å²) >= 11 is 0. The summed E-state index contributed by atoms with van der Waals surface area (Å²) in [5.41, 5.74) is 4.37. The number of hydrogen-bond acceptors (Lipinski definition) is 5. The van der Waals surface area contributed by atoms with Crippen molar-refractivity contribution in [3.63, 3.8) is 0 Å². The first kappa shape index (κ1) is 17.5. The van der Waals surface area contributed by atoms with E-state index in [0.29, 0.717) is 30.2 Å². The van der Waals surface area contributed by atoms with Crippen molar-refractivity contribution in [1.82, 2.24) is 10.4 Å². The van der Waals surface area contributed by atoms with Crippen molar-refractivity contribution in [2.75, 3.05) is 13.2 Å². The number of hydrazone groups is 1. The fourth-order valence-electron chi connectivity index (χ4n) is 2.09. The van der Waals surface area contributed by atoms with Gasteiger partial charge in [-0.05, 0) is 51.1 Å². The Morgan fingerprint density at radius 1 is 1.21 bits per heavy atom. The molecule has 6 nitrogen and oxygen atoms in total. The molecule has 0 aliphatic rings. The van der Waals surface area contributed by atoms with Crippen LogP contribution in [-0.2, 0) is 0 Å². The van der Waals surface area contributed by atoms with E-state index in [4.69, 9.17) is 9.47 Å². The summed E-state index contributed by atoms with van der Waals surface area (Å²) in [5, 5.41) is 4.17. The predicted molar refractivity (Wildman–Crippen MR) is 92.7 cm³/mol. The standard InChI is InChI=1S/C18H21N3O3/c1-4-23-15-8-9-17(24-5-2)16(11-15)13(3)20-21-18(22)14-7-6-10-19-12-14/h6-12H,4-5H2,1-3H3,(H,21,22)/b20-13-. The minimum atomic E-state index is -0.318. The molecular formula is C18H21N3O3. The lowest BCUT2D eigenvalue weighted by atomic mass is 10.1. The number of aromatic nitrogens is 1. The minimum absolute atomic E-state index is 0.318. The van der Waals surface area contributed by atoms with Crippen LogP contribution >= 0.6 is 0 Å². The van der Waals surface area contributed by atoms with E-state index in [1.807, 2.05) is 32.0 Å². The van der Waals surface area contributed by atoms with Gasteiger partial charge in [0.1, 0.15) is 11.5 Å². The van der Waals surface area contributed by atoms with Crippen LogP contribution in [0.4, 0.5) is 0 Å². The van der Waals surface area contributed by atoms with Crippen molar-refractivity contribution in [2.45, 2.75) is 20.8 Å². The summed E-state index contributed by atoms with van der Waals surface area (Å²) in [7, 11) is 0. The molecule has 1 heterocycles. The van der Waals surface area contributed by atoms with Crippen molar-refractivity contribution in [2.24, 2.45) is 5.10 Å². The van der Waals surface area contributed by atoms with Crippen molar-refractivity contribution in [3.8, 4) is 11.5 Å². The molecule has 0 bridgehead atoms. The molecule has 1 N–H and O–H groups in total. The lowest BCUT2D eigenvalue weighted by Crippen LogP contribution is -2.19. The van der Waals surface area contributed by atoms with Crippen LogP contribution in [0.3, 0.4) is 0 Å². The van der Waals surface area contributed by atoms with Gasteiger partial charge >= 0.3 is 0 Å². The average Bonchev–Trinajstić information content (AvgIpc) is 2.62. The number of amides is 1. The van der Waals surface area contributed by atoms with Crippen LogP contribution in [0, 0.1) is 0 Å². The summed E-state index contributed by atoms with van der Waals surface area (Å²) < 4.78 is 11.1. The third-order valence-corrected chi connectivity index (χ3v) is 3.20. The zero-order valence-corrected chi connectivity index (χ0v) is 14.1. The molecule has 126 valence electrons. The van der Waals surface area contributed by atoms with Crippen LogP contribution in [-0.4, -0.2) is 29.8 Å². The van der Waals surface area contributed by atoms with Crippen LogP contribution in [0.25, 0.3) is 0 Å². The van der Waals surface area contributed by atoms with Gasteiger partial charge in [0.15, 0.2) is 0 Å². The lowest BCUT2D eigenvalue weighted by molar-refractivity contribution is 0.0954. The molecule has 0 unspecified atom stereocenters. The van der Waals surface area contributed by atoms with Gasteiger partial charge in [-0.1, -0.05) is 0 Å². The zero-order chi connectivity index (χ0) is 17.4. The first-order chi connectivity index (χ1) is 11.7. The van der Waals surface area contributed by atoms with E-state index in [9.17, 15) is 4.79 Å². The maximum atomic E-state index is 12.0. The molecule has 2 aromatic rings. The van der Waals surface area contributed by atoms with Crippen molar-refractivity contribution in [1.29, 1.82) is 0 Å². The van der Waals surface area contributed by atoms with Gasteiger partial charge in [-0.3, -0.25) is 9.78 Å². The van der Waals surface area contributed by atoms with Crippen LogP contribution in [0.1, 0.15) is 36.7 Å². The maximum absolute atomic E-state index is 12.0. The molecule has 0 atom stereocenters. The number of ether oxygens (including phenoxy) is 2. The number of nitrogens with zero attached hydrogens (tertiary/aromatic N) is 2. The second-order valence-corrected chi connectivity index (χ2v) is 4.90. The Balaban J connectivity index is 2.21. The number of nitrogens with one attached hydrogen (secondary N) is 1. The molecule has 0 aliphatic heterocycles. The SMILES string of the molecule is CCOc1ccc(OCC)c(/C(C)=N\NC(=O)c2cccnc2)c1. The molecule has 0 aliphatic carbocycles. The highest BCUT2D eigenvalue weighted by atomic mass is 16.5. The average molecular weight is 327 g/mol. The number of benzene rings is 1. The van der Waals surface area contributed by atoms with Crippen LogP contribution in [0.5, 0.6) is 11.5 Å². The topological polar surface area (TPSA) is 72.8 Å². The van der Waals surface area contributed by atoms with Gasteiger partial charge < -0.3 is 9.47 Å². The van der Waals surface area contributed by atoms with E-state index in [-0.39, 0.29) is 5.91 Å². The first-order valence-corrected chi connectivity index (χ1v) is 7.80. The molecule has 0 saturated carbocycles. The Hall–Kier alpha value is -2.89. The highest BCUT2D eigenvalue weighted by Gasteiger charge is 2.10. The fraction of sp³-hybridized carbons (Fsp3) is 0.278. The highest BCUT2D eigenvalue weighted by molar-refractivity contribution is 6.03. The summed E-state index contributed by atoms with van der Waals surface area (Å²) in [5.74, 6) is 1.10. The Kier molecular flexibility index (Phi) is 6.31. The molecule has 24 heavy (non-hydrogen) atoms. The van der Waals surface area contributed by atoms with Crippen LogP contribution < -0.4 is 14.9 Å². The van der Waals surface area contributed by atoms with E-state index < -0.39 is 0 Å². The predicted octanol–water partition coefficient (Wildman–Crippen LogP) is 3.03. The largest absolute Gasteiger partial charge is 0.494 e. The van der Waals surface area contributed by atoms with Crippen molar-refractivity contribution >= 4 is 11.6 Å². The number of pyridine rings is 1. The van der Waals surface area contributed by atoms with Crippen molar-refractivity contribution < 1.29 is 14.3 Å². The van der Waals surface area contributed by atoms with Crippen LogP contribution in [0.2, 0.25) is 0 Å². The van der Waals surface area contributed by atoms with E-state index in [1.54, 1.807) is 25.3 Å². The smallest absolute Gasteiger partial charge is 0.272 e. The molecule has 0 saturated heterocycles. The van der Waals surface area contributed by atoms with E-state index >= 15 is 0 Å². The highest BCUT2D eigenvalue weighted by Crippen LogP contribution is 2.25. The first-order valence-electron chi connectivity index (χ1n) is 7.80. The summed E-state index contributed by atoms with van der Waals surface area (Å²) in [6, 6.07) is 8.91. The summed E-state index contributed by atoms with van der Waals surface area (Å²) in [4.78, 5) is 16.0. The number of carbonyl (C=O) groups excluding carboxylic acids is 1. The van der Waals surface area contributed by atoms with Crippen LogP contribution in [0.15, 0.2) is 47.8 Å². The second-order valence-electron chi connectivity index (χ2n) is 4.90. The molecule has 1 amide bonds. The molecule has 6 heteroatoms. The summed E-state index contributed by atoms with van der Waals surface area (Å²) in [6.07, 6.45) is 3.10. The number of rotatable bonds is 7. The number of hydrogen-bond donors (Lipinski definition) is 1. The van der Waals surface area contributed by atoms with Gasteiger partial charge in [0.05, 0.1) is 24.5 Å². The van der Waals surface area contributed by atoms with E-state index in [2.05, 4.69) is 15.5 Å². The minimum Gasteiger partial charge on any atom is -0.494 e. The van der Waals surface area contributed by atoms with E-state index in [1.165, 1.54) is 6.20 Å². The Bertz CT molecular complexity index is 715. The van der Waals surface area contributed by atoms with Gasteiger partial charge in [-0.2, -0.15) is 5.10 Å². The lowest BCUT2D eigenvalue weighted by Gasteiger charge is -2.12. The zero-order valence-electron chi connectivity index (χ0n) is 14.1.